The van der Waals surface area contributed by atoms with Crippen LogP contribution in [0.2, 0.25) is 0 Å². The summed E-state index contributed by atoms with van der Waals surface area (Å²) in [5.74, 6) is 0. The maximum Gasteiger partial charge on any atom is 0.0320 e. The molecule has 13 heavy (non-hydrogen) atoms. The Balaban J connectivity index is 2.14. The van der Waals surface area contributed by atoms with Gasteiger partial charge in [-0.05, 0) is 44.1 Å². The first-order valence-electron chi connectivity index (χ1n) is 4.77. The van der Waals surface area contributed by atoms with E-state index in [2.05, 4.69) is 52.0 Å². The van der Waals surface area contributed by atoms with E-state index in [1.54, 1.807) is 0 Å². The van der Waals surface area contributed by atoms with Gasteiger partial charge < -0.3 is 0 Å². The van der Waals surface area contributed by atoms with Gasteiger partial charge in [0.2, 0.25) is 0 Å². The maximum atomic E-state index is 3.50. The van der Waals surface area contributed by atoms with Crippen molar-refractivity contribution in [2.45, 2.75) is 19.4 Å². The molecule has 0 saturated carbocycles. The predicted octanol–water partition coefficient (Wildman–Crippen LogP) is 3.22. The highest BCUT2D eigenvalue weighted by Gasteiger charge is 2.21. The summed E-state index contributed by atoms with van der Waals surface area (Å²) in [6, 6.07) is 9.17. The SMILES string of the molecule is CC(c1cccc(Br)c1)N1CCC1. The second-order valence-corrected chi connectivity index (χ2v) is 4.54. The molecule has 1 aromatic carbocycles. The number of halogens is 1. The first-order chi connectivity index (χ1) is 6.27. The highest BCUT2D eigenvalue weighted by atomic mass is 79.9. The Hall–Kier alpha value is -0.340. The van der Waals surface area contributed by atoms with Gasteiger partial charge in [-0.15, -0.1) is 0 Å². The molecule has 1 aliphatic heterocycles. The summed E-state index contributed by atoms with van der Waals surface area (Å²) in [4.78, 5) is 2.50. The second kappa shape index (κ2) is 3.81. The van der Waals surface area contributed by atoms with Crippen molar-refractivity contribution in [1.82, 2.24) is 4.90 Å². The molecule has 2 heteroatoms. The quantitative estimate of drug-likeness (QED) is 0.767. The van der Waals surface area contributed by atoms with Crippen LogP contribution in [0.4, 0.5) is 0 Å². The summed E-state index contributed by atoms with van der Waals surface area (Å²) < 4.78 is 1.18. The van der Waals surface area contributed by atoms with Gasteiger partial charge in [-0.25, -0.2) is 0 Å². The molecule has 1 fully saturated rings. The van der Waals surface area contributed by atoms with Gasteiger partial charge >= 0.3 is 0 Å². The summed E-state index contributed by atoms with van der Waals surface area (Å²) in [5, 5.41) is 0. The molecule has 1 aliphatic rings. The summed E-state index contributed by atoms with van der Waals surface area (Å²) in [6.45, 7) is 4.79. The van der Waals surface area contributed by atoms with E-state index in [1.807, 2.05) is 0 Å². The van der Waals surface area contributed by atoms with Gasteiger partial charge in [0.15, 0.2) is 0 Å². The fourth-order valence-corrected chi connectivity index (χ4v) is 2.12. The lowest BCUT2D eigenvalue weighted by molar-refractivity contribution is 0.128. The Labute approximate surface area is 87.9 Å². The molecule has 1 saturated heterocycles. The highest BCUT2D eigenvalue weighted by molar-refractivity contribution is 9.10. The zero-order valence-electron chi connectivity index (χ0n) is 7.83. The van der Waals surface area contributed by atoms with Crippen LogP contribution in [0, 0.1) is 0 Å². The minimum atomic E-state index is 0.575. The number of benzene rings is 1. The van der Waals surface area contributed by atoms with Crippen LogP contribution >= 0.6 is 15.9 Å². The largest absolute Gasteiger partial charge is 0.297 e. The molecule has 0 radical (unpaired) electrons. The lowest BCUT2D eigenvalue weighted by Gasteiger charge is -2.36. The van der Waals surface area contributed by atoms with Gasteiger partial charge in [-0.3, -0.25) is 4.90 Å². The maximum absolute atomic E-state index is 3.50. The van der Waals surface area contributed by atoms with Crippen molar-refractivity contribution in [3.63, 3.8) is 0 Å². The van der Waals surface area contributed by atoms with E-state index in [4.69, 9.17) is 0 Å². The number of likely N-dealkylation sites (tertiary alicyclic amines) is 1. The third-order valence-corrected chi connectivity index (χ3v) is 3.26. The smallest absolute Gasteiger partial charge is 0.0320 e. The summed E-state index contributed by atoms with van der Waals surface area (Å²) in [7, 11) is 0. The monoisotopic (exact) mass is 239 g/mol. The molecule has 1 unspecified atom stereocenters. The Morgan fingerprint density at radius 3 is 2.69 bits per heavy atom. The molecule has 0 bridgehead atoms. The zero-order chi connectivity index (χ0) is 9.26. The van der Waals surface area contributed by atoms with E-state index < -0.39 is 0 Å². The zero-order valence-corrected chi connectivity index (χ0v) is 9.42. The third kappa shape index (κ3) is 1.94. The number of hydrogen-bond acceptors (Lipinski definition) is 1. The van der Waals surface area contributed by atoms with Crippen LogP contribution in [0.1, 0.15) is 24.9 Å². The molecule has 0 aromatic heterocycles. The van der Waals surface area contributed by atoms with Crippen LogP contribution < -0.4 is 0 Å². The van der Waals surface area contributed by atoms with Crippen LogP contribution in [0.3, 0.4) is 0 Å². The molecule has 1 aromatic rings. The summed E-state index contributed by atoms with van der Waals surface area (Å²) in [5.41, 5.74) is 1.41. The van der Waals surface area contributed by atoms with Crippen molar-refractivity contribution >= 4 is 15.9 Å². The fourth-order valence-electron chi connectivity index (χ4n) is 1.71. The Kier molecular flexibility index (Phi) is 2.70. The van der Waals surface area contributed by atoms with Gasteiger partial charge in [0.1, 0.15) is 0 Å². The average Bonchev–Trinajstić information content (AvgIpc) is 2.01. The van der Waals surface area contributed by atoms with Crippen LogP contribution in [0.15, 0.2) is 28.7 Å². The average molecular weight is 240 g/mol. The Bertz CT molecular complexity index is 294. The van der Waals surface area contributed by atoms with Crippen molar-refractivity contribution in [2.24, 2.45) is 0 Å². The number of hydrogen-bond donors (Lipinski definition) is 0. The molecular weight excluding hydrogens is 226 g/mol. The van der Waals surface area contributed by atoms with Crippen molar-refractivity contribution in [1.29, 1.82) is 0 Å². The molecule has 0 spiro atoms. The molecule has 70 valence electrons. The van der Waals surface area contributed by atoms with E-state index in [1.165, 1.54) is 29.5 Å². The lowest BCUT2D eigenvalue weighted by Crippen LogP contribution is -2.38. The first kappa shape index (κ1) is 9.22. The van der Waals surface area contributed by atoms with Crippen LogP contribution in [-0.4, -0.2) is 18.0 Å². The Morgan fingerprint density at radius 1 is 1.38 bits per heavy atom. The van der Waals surface area contributed by atoms with Crippen LogP contribution in [0.5, 0.6) is 0 Å². The van der Waals surface area contributed by atoms with Crippen molar-refractivity contribution in [3.05, 3.63) is 34.3 Å². The van der Waals surface area contributed by atoms with E-state index in [9.17, 15) is 0 Å². The lowest BCUT2D eigenvalue weighted by atomic mass is 10.0. The molecule has 0 aliphatic carbocycles. The van der Waals surface area contributed by atoms with Crippen molar-refractivity contribution < 1.29 is 0 Å². The van der Waals surface area contributed by atoms with Crippen molar-refractivity contribution in [3.8, 4) is 0 Å². The van der Waals surface area contributed by atoms with Crippen LogP contribution in [-0.2, 0) is 0 Å². The molecule has 2 rings (SSSR count). The molecule has 1 heterocycles. The second-order valence-electron chi connectivity index (χ2n) is 3.62. The minimum absolute atomic E-state index is 0.575. The highest BCUT2D eigenvalue weighted by Crippen LogP contribution is 2.26. The molecule has 1 nitrogen and oxygen atoms in total. The van der Waals surface area contributed by atoms with Gasteiger partial charge in [-0.2, -0.15) is 0 Å². The summed E-state index contributed by atoms with van der Waals surface area (Å²) in [6.07, 6.45) is 1.36. The Morgan fingerprint density at radius 2 is 2.15 bits per heavy atom. The van der Waals surface area contributed by atoms with Crippen molar-refractivity contribution in [2.75, 3.05) is 13.1 Å². The first-order valence-corrected chi connectivity index (χ1v) is 5.56. The molecular formula is C11H14BrN. The van der Waals surface area contributed by atoms with Gasteiger partial charge in [0.25, 0.3) is 0 Å². The fraction of sp³-hybridized carbons (Fsp3) is 0.455. The molecule has 0 amide bonds. The topological polar surface area (TPSA) is 3.24 Å². The van der Waals surface area contributed by atoms with E-state index in [0.717, 1.165) is 0 Å². The van der Waals surface area contributed by atoms with E-state index in [0.29, 0.717) is 6.04 Å². The standard InChI is InChI=1S/C11H14BrN/c1-9(13-6-3-7-13)10-4-2-5-11(12)8-10/h2,4-5,8-9H,3,6-7H2,1H3. The number of rotatable bonds is 2. The van der Waals surface area contributed by atoms with Gasteiger partial charge in [-0.1, -0.05) is 28.1 Å². The van der Waals surface area contributed by atoms with Gasteiger partial charge in [0.05, 0.1) is 0 Å². The molecule has 0 N–H and O–H groups in total. The summed E-state index contributed by atoms with van der Waals surface area (Å²) >= 11 is 3.50. The minimum Gasteiger partial charge on any atom is -0.297 e. The number of nitrogens with zero attached hydrogens (tertiary/aromatic N) is 1. The predicted molar refractivity (Wildman–Crippen MR) is 58.7 cm³/mol. The molecule has 1 atom stereocenters. The normalized spacial score (nSPS) is 19.5. The van der Waals surface area contributed by atoms with E-state index in [-0.39, 0.29) is 0 Å². The van der Waals surface area contributed by atoms with Gasteiger partial charge in [0, 0.05) is 10.5 Å². The van der Waals surface area contributed by atoms with Crippen LogP contribution in [0.25, 0.3) is 0 Å². The third-order valence-electron chi connectivity index (χ3n) is 2.77. The van der Waals surface area contributed by atoms with E-state index >= 15 is 0 Å².